The molecule has 0 atom stereocenters. The van der Waals surface area contributed by atoms with E-state index in [1.165, 1.54) is 4.91 Å². The summed E-state index contributed by atoms with van der Waals surface area (Å²) in [5, 5.41) is 0. The first-order valence-electron chi connectivity index (χ1n) is 1.90. The Morgan fingerprint density at radius 1 is 1.14 bits per heavy atom. The van der Waals surface area contributed by atoms with Crippen molar-refractivity contribution in [2.75, 3.05) is 0 Å². The molecule has 40 valence electrons. The van der Waals surface area contributed by atoms with Crippen LogP contribution < -0.4 is 0 Å². The average Bonchev–Trinajstić information content (AvgIpc) is 1.33. The maximum absolute atomic E-state index is 6.75. The van der Waals surface area contributed by atoms with Gasteiger partial charge in [-0.25, -0.2) is 0 Å². The van der Waals surface area contributed by atoms with Crippen LogP contribution in [0, 0.1) is 0 Å². The van der Waals surface area contributed by atoms with Crippen LogP contribution >= 0.6 is 0 Å². The summed E-state index contributed by atoms with van der Waals surface area (Å²) in [7, 11) is 0.120. The van der Waals surface area contributed by atoms with Crippen molar-refractivity contribution in [2.24, 2.45) is 0 Å². The number of nitrogens with zero attached hydrogens (tertiary/aromatic N) is 3. The fraction of sp³-hybridized carbons (Fsp3) is 1.00. The third-order valence-corrected chi connectivity index (χ3v) is 0. The maximum atomic E-state index is 6.75. The van der Waals surface area contributed by atoms with Gasteiger partial charge in [-0.05, 0) is 0 Å². The van der Waals surface area contributed by atoms with Gasteiger partial charge in [0.15, 0.2) is 0 Å². The summed E-state index contributed by atoms with van der Waals surface area (Å²) in [5.74, 6) is 0. The van der Waals surface area contributed by atoms with E-state index in [-0.39, 0.29) is 8.80 Å². The molecule has 0 aliphatic heterocycles. The molecule has 0 saturated carbocycles. The Hall–Kier alpha value is -0.473. The van der Waals surface area contributed by atoms with E-state index in [4.69, 9.17) is 11.1 Å². The number of rotatable bonds is 0. The highest BCUT2D eigenvalue weighted by Crippen LogP contribution is 1.68. The van der Waals surface area contributed by atoms with Crippen molar-refractivity contribution in [3.8, 4) is 0 Å². The predicted octanol–water partition coefficient (Wildman–Crippen LogP) is 2.24. The molecule has 7 heavy (non-hydrogen) atoms. The maximum Gasteiger partial charge on any atom is 0.304 e. The Morgan fingerprint density at radius 2 is 1.14 bits per heavy atom. The molecule has 0 fully saturated rings. The summed E-state index contributed by atoms with van der Waals surface area (Å²) >= 11 is 0. The minimum Gasteiger partial charge on any atom is -0.373 e. The quantitative estimate of drug-likeness (QED) is 0.201. The molecule has 0 heterocycles. The summed E-state index contributed by atoms with van der Waals surface area (Å²) in [6, 6.07) is 0. The standard InChI is InChI=1S/C3H9Si.N3/c1-4(2)3;1-3-2/h1-3H3;/q+1;-1. The molecule has 0 aliphatic rings. The highest BCUT2D eigenvalue weighted by Gasteiger charge is 1.92. The molecule has 0 spiro atoms. The molecule has 0 radical (unpaired) electrons. The van der Waals surface area contributed by atoms with Crippen molar-refractivity contribution in [3.63, 3.8) is 0 Å². The lowest BCUT2D eigenvalue weighted by Gasteiger charge is -1.55. The van der Waals surface area contributed by atoms with Gasteiger partial charge in [0.05, 0.1) is 19.6 Å². The van der Waals surface area contributed by atoms with E-state index in [0.29, 0.717) is 0 Å². The number of hydrogen-bond donors (Lipinski definition) is 0. The van der Waals surface area contributed by atoms with Crippen molar-refractivity contribution in [1.29, 1.82) is 0 Å². The second kappa shape index (κ2) is 9.11. The minimum absolute atomic E-state index is 0.120. The molecule has 4 heteroatoms. The summed E-state index contributed by atoms with van der Waals surface area (Å²) in [5.41, 5.74) is 13.5. The Bertz CT molecular complexity index is 52.4. The molecule has 0 aromatic carbocycles. The normalized spacial score (nSPS) is 5.00. The topological polar surface area (TPSA) is 58.7 Å². The van der Waals surface area contributed by atoms with Gasteiger partial charge in [0.2, 0.25) is 0 Å². The van der Waals surface area contributed by atoms with Crippen molar-refractivity contribution in [2.45, 2.75) is 19.6 Å². The van der Waals surface area contributed by atoms with Crippen LogP contribution in [0.2, 0.25) is 19.6 Å². The van der Waals surface area contributed by atoms with E-state index >= 15 is 0 Å². The molecule has 0 amide bonds. The average molecular weight is 115 g/mol. The van der Waals surface area contributed by atoms with Gasteiger partial charge in [-0.1, -0.05) is 0 Å². The van der Waals surface area contributed by atoms with Gasteiger partial charge in [0.1, 0.15) is 0 Å². The van der Waals surface area contributed by atoms with Crippen LogP contribution in [0.1, 0.15) is 0 Å². The highest BCUT2D eigenvalue weighted by molar-refractivity contribution is 6.54. The molecule has 0 bridgehead atoms. The van der Waals surface area contributed by atoms with Crippen LogP contribution in [0.25, 0.3) is 16.0 Å². The molecular formula is C3H9N3Si. The summed E-state index contributed by atoms with van der Waals surface area (Å²) in [6.45, 7) is 6.81. The van der Waals surface area contributed by atoms with Gasteiger partial charge in [0.25, 0.3) is 0 Å². The van der Waals surface area contributed by atoms with E-state index in [0.717, 1.165) is 0 Å². The van der Waals surface area contributed by atoms with Crippen LogP contribution in [0.15, 0.2) is 0 Å². The molecule has 0 rings (SSSR count). The molecular weight excluding hydrogens is 106 g/mol. The zero-order valence-corrected chi connectivity index (χ0v) is 5.84. The molecule has 0 N–H and O–H groups in total. The predicted molar refractivity (Wildman–Crippen MR) is 33.4 cm³/mol. The lowest BCUT2D eigenvalue weighted by molar-refractivity contribution is 1.91. The summed E-state index contributed by atoms with van der Waals surface area (Å²) in [6.07, 6.45) is 0. The smallest absolute Gasteiger partial charge is 0.304 e. The van der Waals surface area contributed by atoms with Crippen molar-refractivity contribution in [3.05, 3.63) is 16.0 Å². The number of hydrogen-bond acceptors (Lipinski definition) is 0. The van der Waals surface area contributed by atoms with Crippen molar-refractivity contribution < 1.29 is 0 Å². The van der Waals surface area contributed by atoms with Crippen molar-refractivity contribution in [1.82, 2.24) is 0 Å². The van der Waals surface area contributed by atoms with E-state index in [1.54, 1.807) is 0 Å². The zero-order valence-electron chi connectivity index (χ0n) is 4.84. The SMILES string of the molecule is C[Si+](C)C.[N-]=[N+]=[N-]. The Kier molecular flexibility index (Phi) is 12.7. The Labute approximate surface area is 45.4 Å². The van der Waals surface area contributed by atoms with E-state index in [2.05, 4.69) is 19.6 Å². The fourth-order valence-electron chi connectivity index (χ4n) is 0. The first-order valence-corrected chi connectivity index (χ1v) is 4.90. The van der Waals surface area contributed by atoms with Crippen LogP contribution in [0.5, 0.6) is 0 Å². The van der Waals surface area contributed by atoms with Crippen LogP contribution in [-0.2, 0) is 0 Å². The van der Waals surface area contributed by atoms with E-state index < -0.39 is 0 Å². The van der Waals surface area contributed by atoms with Gasteiger partial charge in [-0.15, -0.1) is 0 Å². The monoisotopic (exact) mass is 115 g/mol. The second-order valence-corrected chi connectivity index (χ2v) is 4.59. The van der Waals surface area contributed by atoms with Gasteiger partial charge < -0.3 is 11.1 Å². The Balaban J connectivity index is 0. The van der Waals surface area contributed by atoms with Crippen LogP contribution in [-0.4, -0.2) is 8.80 Å². The molecule has 0 unspecified atom stereocenters. The van der Waals surface area contributed by atoms with E-state index in [1.807, 2.05) is 0 Å². The van der Waals surface area contributed by atoms with Crippen molar-refractivity contribution >= 4 is 8.80 Å². The van der Waals surface area contributed by atoms with Crippen LogP contribution in [0.3, 0.4) is 0 Å². The lowest BCUT2D eigenvalue weighted by Crippen LogP contribution is -1.84. The Morgan fingerprint density at radius 3 is 1.14 bits per heavy atom. The minimum atomic E-state index is 0.120. The molecule has 0 aromatic rings. The largest absolute Gasteiger partial charge is 0.373 e. The first kappa shape index (κ1) is 9.73. The molecule has 3 nitrogen and oxygen atoms in total. The second-order valence-electron chi connectivity index (χ2n) is 1.59. The van der Waals surface area contributed by atoms with Crippen LogP contribution in [0.4, 0.5) is 0 Å². The van der Waals surface area contributed by atoms with Gasteiger partial charge in [0, 0.05) is 0 Å². The third kappa shape index (κ3) is 307. The van der Waals surface area contributed by atoms with Gasteiger partial charge in [-0.2, -0.15) is 0 Å². The van der Waals surface area contributed by atoms with Gasteiger partial charge >= 0.3 is 8.80 Å². The summed E-state index contributed by atoms with van der Waals surface area (Å²) in [4.78, 5) is 1.50. The first-order chi connectivity index (χ1) is 3.15. The zero-order chi connectivity index (χ0) is 6.28. The molecule has 0 aliphatic carbocycles. The van der Waals surface area contributed by atoms with Gasteiger partial charge in [-0.3, -0.25) is 4.91 Å². The molecule has 0 aromatic heterocycles. The fourth-order valence-corrected chi connectivity index (χ4v) is 0. The lowest BCUT2D eigenvalue weighted by atomic mass is 11.8. The van der Waals surface area contributed by atoms with E-state index in [9.17, 15) is 0 Å². The summed E-state index contributed by atoms with van der Waals surface area (Å²) < 4.78 is 0. The molecule has 0 saturated heterocycles. The highest BCUT2D eigenvalue weighted by atomic mass is 28.3. The third-order valence-electron chi connectivity index (χ3n) is 0.